The summed E-state index contributed by atoms with van der Waals surface area (Å²) in [6.07, 6.45) is -1.63. The number of nitrogens with zero attached hydrogens (tertiary/aromatic N) is 3. The number of carbonyl (C=O) groups excluding carboxylic acids is 4. The van der Waals surface area contributed by atoms with Gasteiger partial charge in [-0.3, -0.25) is 19.3 Å². The van der Waals surface area contributed by atoms with Gasteiger partial charge < -0.3 is 15.0 Å². The molecule has 2 saturated heterocycles. The monoisotopic (exact) mass is 382 g/mol. The second kappa shape index (κ2) is 6.92. The summed E-state index contributed by atoms with van der Waals surface area (Å²) in [6.45, 7) is 0.724. The van der Waals surface area contributed by atoms with Gasteiger partial charge in [-0.25, -0.2) is 14.1 Å². The maximum Gasteiger partial charge on any atom is 0.414 e. The zero-order valence-electron chi connectivity index (χ0n) is 13.5. The number of hydrogen-bond acceptors (Lipinski definition) is 7. The van der Waals surface area contributed by atoms with Crippen LogP contribution >= 0.6 is 11.8 Å². The van der Waals surface area contributed by atoms with Gasteiger partial charge >= 0.3 is 6.09 Å². The largest absolute Gasteiger partial charge is 0.756 e. The molecule has 1 aromatic carbocycles. The molecule has 9 nitrogen and oxygen atoms in total. The van der Waals surface area contributed by atoms with Gasteiger partial charge in [0, 0.05) is 13.5 Å². The van der Waals surface area contributed by atoms with E-state index in [0.717, 1.165) is 34.6 Å². The van der Waals surface area contributed by atoms with Crippen LogP contribution in [0.3, 0.4) is 0 Å². The van der Waals surface area contributed by atoms with Gasteiger partial charge in [0.05, 0.1) is 23.7 Å². The quantitative estimate of drug-likeness (QED) is 0.729. The van der Waals surface area contributed by atoms with Crippen LogP contribution in [0.1, 0.15) is 6.92 Å². The summed E-state index contributed by atoms with van der Waals surface area (Å²) in [7, 11) is 0. The van der Waals surface area contributed by atoms with Crippen molar-refractivity contribution in [2.45, 2.75) is 13.0 Å². The van der Waals surface area contributed by atoms with Crippen molar-refractivity contribution in [1.29, 1.82) is 0 Å². The van der Waals surface area contributed by atoms with E-state index >= 15 is 0 Å². The lowest BCUT2D eigenvalue weighted by molar-refractivity contribution is -0.127. The number of amides is 4. The second-order valence-electron chi connectivity index (χ2n) is 5.62. The smallest absolute Gasteiger partial charge is 0.414 e. The summed E-state index contributed by atoms with van der Waals surface area (Å²) < 4.78 is 19.4. The third-order valence-electron chi connectivity index (χ3n) is 3.83. The van der Waals surface area contributed by atoms with Gasteiger partial charge in [0.2, 0.25) is 11.8 Å². The number of thioether (sulfide) groups is 1. The van der Waals surface area contributed by atoms with E-state index in [1.807, 2.05) is 0 Å². The topological polar surface area (TPSA) is 110 Å². The molecule has 0 saturated carbocycles. The van der Waals surface area contributed by atoms with E-state index in [-0.39, 0.29) is 35.3 Å². The van der Waals surface area contributed by atoms with Gasteiger partial charge in [-0.05, 0) is 18.2 Å². The number of benzene rings is 1. The Morgan fingerprint density at radius 3 is 2.73 bits per heavy atom. The summed E-state index contributed by atoms with van der Waals surface area (Å²) in [4.78, 5) is 48.2. The molecule has 138 valence electrons. The first kappa shape index (κ1) is 18.1. The van der Waals surface area contributed by atoms with E-state index in [9.17, 15) is 28.8 Å². The van der Waals surface area contributed by atoms with E-state index in [2.05, 4.69) is 0 Å². The van der Waals surface area contributed by atoms with Crippen LogP contribution in [0, 0.1) is 11.0 Å². The van der Waals surface area contributed by atoms with Crippen LogP contribution in [0.2, 0.25) is 0 Å². The molecule has 0 radical (unpaired) electrons. The average Bonchev–Trinajstić information content (AvgIpc) is 3.10. The maximum absolute atomic E-state index is 14.4. The van der Waals surface area contributed by atoms with E-state index < -0.39 is 35.1 Å². The Hall–Kier alpha value is -2.66. The normalized spacial score (nSPS) is 20.0. The lowest BCUT2D eigenvalue weighted by atomic mass is 10.2. The highest BCUT2D eigenvalue weighted by molar-refractivity contribution is 8.15. The van der Waals surface area contributed by atoms with Gasteiger partial charge in [0.25, 0.3) is 5.24 Å². The zero-order chi connectivity index (χ0) is 19.0. The lowest BCUT2D eigenvalue weighted by Crippen LogP contribution is -2.34. The molecule has 0 N–H and O–H groups in total. The Morgan fingerprint density at radius 2 is 2.15 bits per heavy atom. The number of carbonyl (C=O) groups is 4. The second-order valence-corrected chi connectivity index (χ2v) is 6.54. The zero-order valence-corrected chi connectivity index (χ0v) is 14.3. The molecule has 0 spiro atoms. The molecule has 26 heavy (non-hydrogen) atoms. The molecule has 3 rings (SSSR count). The highest BCUT2D eigenvalue weighted by atomic mass is 32.2. The average molecular weight is 382 g/mol. The number of ether oxygens (including phenoxy) is 1. The minimum atomic E-state index is -0.850. The van der Waals surface area contributed by atoms with Crippen molar-refractivity contribution >= 4 is 46.3 Å². The maximum atomic E-state index is 14.4. The number of rotatable bonds is 4. The van der Waals surface area contributed by atoms with Crippen molar-refractivity contribution in [3.8, 4) is 0 Å². The van der Waals surface area contributed by atoms with Crippen LogP contribution in [-0.4, -0.2) is 53.2 Å². The Labute approximate surface area is 151 Å². The number of hydroxylamine groups is 2. The SMILES string of the molecule is CC(=O)N([O-])CC1CN(c2ccc(N3C(=O)CSC3=O)c(F)c2)C(=O)O1. The highest BCUT2D eigenvalue weighted by Gasteiger charge is 2.35. The molecule has 2 aliphatic rings. The third kappa shape index (κ3) is 3.35. The van der Waals surface area contributed by atoms with Crippen molar-refractivity contribution in [3.63, 3.8) is 0 Å². The highest BCUT2D eigenvalue weighted by Crippen LogP contribution is 2.32. The molecular formula is C15H13FN3O6S-. The lowest BCUT2D eigenvalue weighted by Gasteiger charge is -2.28. The van der Waals surface area contributed by atoms with Crippen LogP contribution < -0.4 is 9.80 Å². The van der Waals surface area contributed by atoms with Gasteiger partial charge in [-0.1, -0.05) is 11.8 Å². The van der Waals surface area contributed by atoms with Crippen LogP contribution in [0.25, 0.3) is 0 Å². The van der Waals surface area contributed by atoms with Crippen LogP contribution in [0.4, 0.5) is 25.4 Å². The van der Waals surface area contributed by atoms with E-state index in [0.29, 0.717) is 0 Å². The number of hydrogen-bond donors (Lipinski definition) is 0. The van der Waals surface area contributed by atoms with Crippen molar-refractivity contribution in [2.24, 2.45) is 0 Å². The summed E-state index contributed by atoms with van der Waals surface area (Å²) in [5.74, 6) is -2.14. The number of imide groups is 1. The molecular weight excluding hydrogens is 369 g/mol. The van der Waals surface area contributed by atoms with Gasteiger partial charge in [0.1, 0.15) is 11.9 Å². The van der Waals surface area contributed by atoms with Gasteiger partial charge in [-0.15, -0.1) is 0 Å². The molecule has 0 aliphatic carbocycles. The first-order valence-electron chi connectivity index (χ1n) is 7.50. The first-order chi connectivity index (χ1) is 12.3. The first-order valence-corrected chi connectivity index (χ1v) is 8.49. The van der Waals surface area contributed by atoms with Crippen molar-refractivity contribution in [1.82, 2.24) is 5.06 Å². The fourth-order valence-corrected chi connectivity index (χ4v) is 3.28. The Balaban J connectivity index is 1.77. The molecule has 1 atom stereocenters. The minimum absolute atomic E-state index is 0.0406. The number of halogens is 1. The van der Waals surface area contributed by atoms with Crippen LogP contribution in [0.5, 0.6) is 0 Å². The Kier molecular flexibility index (Phi) is 4.83. The minimum Gasteiger partial charge on any atom is -0.756 e. The molecule has 2 heterocycles. The van der Waals surface area contributed by atoms with Crippen molar-refractivity contribution < 1.29 is 28.3 Å². The van der Waals surface area contributed by atoms with Crippen LogP contribution in [-0.2, 0) is 14.3 Å². The van der Waals surface area contributed by atoms with E-state index in [4.69, 9.17) is 4.74 Å². The molecule has 1 aromatic rings. The fourth-order valence-electron chi connectivity index (χ4n) is 2.57. The summed E-state index contributed by atoms with van der Waals surface area (Å²) in [6, 6.07) is 3.59. The standard InChI is InChI=1S/C15H13FN3O6S/c1-8(20)18(24)6-10-5-17(14(22)25-10)9-2-3-12(11(16)4-9)19-13(21)7-26-15(19)23/h2-4,10H,5-7H2,1H3/q-1. The van der Waals surface area contributed by atoms with Crippen LogP contribution in [0.15, 0.2) is 18.2 Å². The summed E-state index contributed by atoms with van der Waals surface area (Å²) in [5, 5.41) is 11.0. The molecule has 0 aromatic heterocycles. The predicted molar refractivity (Wildman–Crippen MR) is 90.1 cm³/mol. The van der Waals surface area contributed by atoms with E-state index in [1.54, 1.807) is 0 Å². The van der Waals surface area contributed by atoms with Gasteiger partial charge in [-0.2, -0.15) is 0 Å². The Bertz CT molecular complexity index is 788. The molecule has 2 aliphatic heterocycles. The third-order valence-corrected chi connectivity index (χ3v) is 4.65. The molecule has 2 fully saturated rings. The fraction of sp³-hybridized carbons (Fsp3) is 0.333. The number of anilines is 2. The van der Waals surface area contributed by atoms with E-state index in [1.165, 1.54) is 12.1 Å². The Morgan fingerprint density at radius 1 is 1.42 bits per heavy atom. The van der Waals surface area contributed by atoms with Crippen molar-refractivity contribution in [2.75, 3.05) is 28.6 Å². The molecule has 1 unspecified atom stereocenters. The molecule has 4 amide bonds. The molecule has 0 bridgehead atoms. The summed E-state index contributed by atoms with van der Waals surface area (Å²) in [5.41, 5.74) is -0.0500. The van der Waals surface area contributed by atoms with Crippen molar-refractivity contribution in [3.05, 3.63) is 29.2 Å². The summed E-state index contributed by atoms with van der Waals surface area (Å²) >= 11 is 0.780. The number of cyclic esters (lactones) is 1. The molecule has 11 heteroatoms. The van der Waals surface area contributed by atoms with Gasteiger partial charge in [0.15, 0.2) is 0 Å². The predicted octanol–water partition coefficient (Wildman–Crippen LogP) is 1.70.